The van der Waals surface area contributed by atoms with Crippen molar-refractivity contribution in [2.45, 2.75) is 52.4 Å². The summed E-state index contributed by atoms with van der Waals surface area (Å²) < 4.78 is 6.09. The third-order valence-electron chi connectivity index (χ3n) is 4.56. The molecular weight excluding hydrogens is 334 g/mol. The van der Waals surface area contributed by atoms with Crippen molar-refractivity contribution in [3.8, 4) is 5.75 Å². The maximum absolute atomic E-state index is 11.7. The molecule has 2 rings (SSSR count). The molecule has 4 heteroatoms. The minimum atomic E-state index is -0.0141. The number of allylic oxidation sites excluding steroid dienone is 1. The van der Waals surface area contributed by atoms with E-state index in [1.54, 1.807) is 0 Å². The minimum absolute atomic E-state index is 0.0141. The van der Waals surface area contributed by atoms with Crippen molar-refractivity contribution < 1.29 is 9.53 Å². The SMILES string of the molecule is C=C(CC(=O)CCC)N1CC(COc2ccc(Cl)cc2C(C)(C)C)C1. The van der Waals surface area contributed by atoms with Gasteiger partial charge in [0, 0.05) is 48.1 Å². The zero-order valence-corrected chi connectivity index (χ0v) is 16.7. The Hall–Kier alpha value is -1.48. The summed E-state index contributed by atoms with van der Waals surface area (Å²) in [5, 5.41) is 0.736. The molecule has 0 radical (unpaired) electrons. The molecular formula is C21H30ClNO2. The van der Waals surface area contributed by atoms with Gasteiger partial charge in [-0.15, -0.1) is 0 Å². The molecule has 3 nitrogen and oxygen atoms in total. The topological polar surface area (TPSA) is 29.5 Å². The number of hydrogen-bond donors (Lipinski definition) is 0. The van der Waals surface area contributed by atoms with Crippen LogP contribution in [-0.4, -0.2) is 30.4 Å². The quantitative estimate of drug-likeness (QED) is 0.634. The number of Topliss-reactive ketones (excluding diaryl/α,β-unsaturated/α-hetero) is 1. The molecule has 1 saturated heterocycles. The molecule has 1 heterocycles. The maximum Gasteiger partial charge on any atom is 0.138 e. The first-order chi connectivity index (χ1) is 11.7. The summed E-state index contributed by atoms with van der Waals surface area (Å²) in [6, 6.07) is 5.83. The van der Waals surface area contributed by atoms with E-state index in [0.29, 0.717) is 25.4 Å². The molecule has 1 aliphatic rings. The van der Waals surface area contributed by atoms with Crippen LogP contribution in [0.4, 0.5) is 0 Å². The van der Waals surface area contributed by atoms with Gasteiger partial charge in [-0.25, -0.2) is 0 Å². The van der Waals surface area contributed by atoms with E-state index in [1.807, 2.05) is 25.1 Å². The molecule has 0 N–H and O–H groups in total. The number of nitrogens with zero attached hydrogens (tertiary/aromatic N) is 1. The van der Waals surface area contributed by atoms with Gasteiger partial charge in [0.25, 0.3) is 0 Å². The van der Waals surface area contributed by atoms with Crippen molar-refractivity contribution in [3.63, 3.8) is 0 Å². The number of ketones is 1. The largest absolute Gasteiger partial charge is 0.493 e. The van der Waals surface area contributed by atoms with Gasteiger partial charge in [-0.1, -0.05) is 45.9 Å². The van der Waals surface area contributed by atoms with Gasteiger partial charge in [-0.05, 0) is 30.0 Å². The Labute approximate surface area is 157 Å². The molecule has 0 bridgehead atoms. The van der Waals surface area contributed by atoms with E-state index in [1.165, 1.54) is 0 Å². The highest BCUT2D eigenvalue weighted by Gasteiger charge is 2.29. The second kappa shape index (κ2) is 8.27. The fourth-order valence-corrected chi connectivity index (χ4v) is 3.23. The van der Waals surface area contributed by atoms with E-state index < -0.39 is 0 Å². The monoisotopic (exact) mass is 363 g/mol. The molecule has 0 spiro atoms. The summed E-state index contributed by atoms with van der Waals surface area (Å²) in [5.41, 5.74) is 2.06. The van der Waals surface area contributed by atoms with Crippen LogP contribution in [0.25, 0.3) is 0 Å². The Kier molecular flexibility index (Phi) is 6.56. The van der Waals surface area contributed by atoms with E-state index in [-0.39, 0.29) is 11.2 Å². The number of ether oxygens (including phenoxy) is 1. The molecule has 0 aliphatic carbocycles. The Morgan fingerprint density at radius 1 is 1.36 bits per heavy atom. The fraction of sp³-hybridized carbons (Fsp3) is 0.571. The highest BCUT2D eigenvalue weighted by molar-refractivity contribution is 6.30. The molecule has 0 atom stereocenters. The van der Waals surface area contributed by atoms with Crippen LogP contribution < -0.4 is 4.74 Å². The van der Waals surface area contributed by atoms with Gasteiger partial charge in [0.2, 0.25) is 0 Å². The zero-order valence-electron chi connectivity index (χ0n) is 15.9. The van der Waals surface area contributed by atoms with Crippen molar-refractivity contribution in [1.29, 1.82) is 0 Å². The smallest absolute Gasteiger partial charge is 0.138 e. The number of likely N-dealkylation sites (tertiary alicyclic amines) is 1. The third kappa shape index (κ3) is 5.50. The molecule has 1 aliphatic heterocycles. The standard InChI is InChI=1S/C21H30ClNO2/c1-6-7-18(24)10-15(2)23-12-16(13-23)14-25-20-9-8-17(22)11-19(20)21(3,4)5/h8-9,11,16H,2,6-7,10,12-14H2,1,3-5H3. The molecule has 0 saturated carbocycles. The first-order valence-electron chi connectivity index (χ1n) is 9.08. The first-order valence-corrected chi connectivity index (χ1v) is 9.45. The zero-order chi connectivity index (χ0) is 18.6. The molecule has 0 unspecified atom stereocenters. The van der Waals surface area contributed by atoms with E-state index in [2.05, 4.69) is 32.3 Å². The molecule has 1 aromatic carbocycles. The normalized spacial score (nSPS) is 15.0. The van der Waals surface area contributed by atoms with Gasteiger partial charge in [0.15, 0.2) is 0 Å². The number of carbonyl (C=O) groups is 1. The van der Waals surface area contributed by atoms with Crippen molar-refractivity contribution >= 4 is 17.4 Å². The minimum Gasteiger partial charge on any atom is -0.493 e. The highest BCUT2D eigenvalue weighted by Crippen LogP contribution is 2.34. The lowest BCUT2D eigenvalue weighted by Gasteiger charge is -2.42. The molecule has 1 aromatic rings. The summed E-state index contributed by atoms with van der Waals surface area (Å²) in [7, 11) is 0. The fourth-order valence-electron chi connectivity index (χ4n) is 3.06. The van der Waals surface area contributed by atoms with Crippen molar-refractivity contribution in [3.05, 3.63) is 41.1 Å². The van der Waals surface area contributed by atoms with E-state index in [4.69, 9.17) is 16.3 Å². The summed E-state index contributed by atoms with van der Waals surface area (Å²) in [6.45, 7) is 15.1. The van der Waals surface area contributed by atoms with Gasteiger partial charge in [-0.2, -0.15) is 0 Å². The van der Waals surface area contributed by atoms with Crippen LogP contribution in [0.5, 0.6) is 5.75 Å². The van der Waals surface area contributed by atoms with Crippen LogP contribution in [-0.2, 0) is 10.2 Å². The lowest BCUT2D eigenvalue weighted by Crippen LogP contribution is -2.48. The maximum atomic E-state index is 11.7. The third-order valence-corrected chi connectivity index (χ3v) is 4.79. The Bertz CT molecular complexity index is 627. The summed E-state index contributed by atoms with van der Waals surface area (Å²) in [4.78, 5) is 13.9. The Morgan fingerprint density at radius 2 is 2.04 bits per heavy atom. The van der Waals surface area contributed by atoms with Crippen LogP contribution in [0.1, 0.15) is 52.5 Å². The Morgan fingerprint density at radius 3 is 2.64 bits per heavy atom. The van der Waals surface area contributed by atoms with Gasteiger partial charge in [-0.3, -0.25) is 4.79 Å². The number of hydrogen-bond acceptors (Lipinski definition) is 3. The van der Waals surface area contributed by atoms with Gasteiger partial charge < -0.3 is 9.64 Å². The highest BCUT2D eigenvalue weighted by atomic mass is 35.5. The lowest BCUT2D eigenvalue weighted by molar-refractivity contribution is -0.118. The molecule has 138 valence electrons. The van der Waals surface area contributed by atoms with Crippen molar-refractivity contribution in [2.24, 2.45) is 5.92 Å². The number of halogens is 1. The predicted octanol–water partition coefficient (Wildman–Crippen LogP) is 5.22. The number of benzene rings is 1. The van der Waals surface area contributed by atoms with Gasteiger partial charge in [0.1, 0.15) is 11.5 Å². The predicted molar refractivity (Wildman–Crippen MR) is 104 cm³/mol. The number of rotatable bonds is 8. The second-order valence-electron chi connectivity index (χ2n) is 8.00. The van der Waals surface area contributed by atoms with Crippen molar-refractivity contribution in [2.75, 3.05) is 19.7 Å². The van der Waals surface area contributed by atoms with Crippen LogP contribution >= 0.6 is 11.6 Å². The first kappa shape index (κ1) is 19.8. The van der Waals surface area contributed by atoms with Crippen molar-refractivity contribution in [1.82, 2.24) is 4.90 Å². The summed E-state index contributed by atoms with van der Waals surface area (Å²) in [6.07, 6.45) is 2.03. The average Bonchev–Trinajstić information content (AvgIpc) is 2.46. The number of carbonyl (C=O) groups excluding carboxylic acids is 1. The lowest BCUT2D eigenvalue weighted by atomic mass is 9.86. The van der Waals surface area contributed by atoms with Crippen LogP contribution in [0.15, 0.2) is 30.5 Å². The molecule has 0 aromatic heterocycles. The summed E-state index contributed by atoms with van der Waals surface area (Å²) in [5.74, 6) is 1.66. The van der Waals surface area contributed by atoms with Crippen LogP contribution in [0.3, 0.4) is 0 Å². The van der Waals surface area contributed by atoms with Gasteiger partial charge >= 0.3 is 0 Å². The summed E-state index contributed by atoms with van der Waals surface area (Å²) >= 11 is 6.14. The van der Waals surface area contributed by atoms with E-state index in [0.717, 1.165) is 41.5 Å². The van der Waals surface area contributed by atoms with E-state index in [9.17, 15) is 4.79 Å². The molecule has 25 heavy (non-hydrogen) atoms. The van der Waals surface area contributed by atoms with Gasteiger partial charge in [0.05, 0.1) is 6.61 Å². The second-order valence-corrected chi connectivity index (χ2v) is 8.44. The van der Waals surface area contributed by atoms with Crippen LogP contribution in [0, 0.1) is 5.92 Å². The molecule has 0 amide bonds. The molecule has 1 fully saturated rings. The van der Waals surface area contributed by atoms with Crippen LogP contribution in [0.2, 0.25) is 5.02 Å². The Balaban J connectivity index is 1.83. The average molecular weight is 364 g/mol. The van der Waals surface area contributed by atoms with E-state index >= 15 is 0 Å².